The number of benzene rings is 2. The van der Waals surface area contributed by atoms with Gasteiger partial charge < -0.3 is 5.11 Å². The normalized spacial score (nSPS) is 14.6. The Kier molecular flexibility index (Phi) is 4.80. The summed E-state index contributed by atoms with van der Waals surface area (Å²) in [7, 11) is 0. The number of carbonyl (C=O) groups excluding carboxylic acids is 1. The lowest BCUT2D eigenvalue weighted by molar-refractivity contribution is -0.137. The third kappa shape index (κ3) is 3.77. The van der Waals surface area contributed by atoms with Crippen LogP contribution < -0.4 is 5.43 Å². The lowest BCUT2D eigenvalue weighted by atomic mass is 10.1. The van der Waals surface area contributed by atoms with Crippen molar-refractivity contribution < 1.29 is 23.1 Å². The van der Waals surface area contributed by atoms with Crippen LogP contribution in [0.3, 0.4) is 0 Å². The van der Waals surface area contributed by atoms with Crippen LogP contribution in [0.2, 0.25) is 0 Å². The highest BCUT2D eigenvalue weighted by atomic mass is 19.4. The molecule has 4 rings (SSSR count). The van der Waals surface area contributed by atoms with Gasteiger partial charge in [0.05, 0.1) is 22.9 Å². The zero-order valence-electron chi connectivity index (χ0n) is 16.4. The smallest absolute Gasteiger partial charge is 0.416 e. The highest BCUT2D eigenvalue weighted by Crippen LogP contribution is 2.38. The summed E-state index contributed by atoms with van der Waals surface area (Å²) >= 11 is 0. The van der Waals surface area contributed by atoms with Gasteiger partial charge in [0, 0.05) is 17.0 Å². The molecule has 1 heterocycles. The Labute approximate surface area is 170 Å². The Morgan fingerprint density at radius 3 is 2.43 bits per heavy atom. The number of fused-ring (bicyclic) bond motifs is 1. The first-order valence-corrected chi connectivity index (χ1v) is 9.51. The number of alkyl halides is 3. The summed E-state index contributed by atoms with van der Waals surface area (Å²) in [6.45, 7) is 3.74. The largest absolute Gasteiger partial charge is 0.494 e. The molecule has 0 aliphatic heterocycles. The summed E-state index contributed by atoms with van der Waals surface area (Å²) in [6, 6.07) is 8.77. The maximum absolute atomic E-state index is 13.3. The Morgan fingerprint density at radius 1 is 1.17 bits per heavy atom. The van der Waals surface area contributed by atoms with Crippen molar-refractivity contribution in [1.29, 1.82) is 0 Å². The number of aryl methyl sites for hydroxylation is 2. The van der Waals surface area contributed by atoms with E-state index in [4.69, 9.17) is 0 Å². The first-order valence-electron chi connectivity index (χ1n) is 9.51. The van der Waals surface area contributed by atoms with Crippen molar-refractivity contribution >= 4 is 23.0 Å². The number of amides is 1. The first-order chi connectivity index (χ1) is 14.1. The molecule has 3 aromatic rings. The van der Waals surface area contributed by atoms with E-state index in [2.05, 4.69) is 10.5 Å². The predicted octanol–water partition coefficient (Wildman–Crippen LogP) is 4.83. The molecule has 1 fully saturated rings. The van der Waals surface area contributed by atoms with Crippen molar-refractivity contribution in [3.8, 4) is 11.6 Å². The summed E-state index contributed by atoms with van der Waals surface area (Å²) < 4.78 is 41.3. The summed E-state index contributed by atoms with van der Waals surface area (Å²) in [5.74, 6) is -0.497. The maximum Gasteiger partial charge on any atom is 0.416 e. The van der Waals surface area contributed by atoms with Crippen molar-refractivity contribution in [3.63, 3.8) is 0 Å². The minimum Gasteiger partial charge on any atom is -0.494 e. The summed E-state index contributed by atoms with van der Waals surface area (Å²) in [4.78, 5) is 11.8. The lowest BCUT2D eigenvalue weighted by Gasteiger charge is -2.11. The number of carbonyl (C=O) groups is 1. The van der Waals surface area contributed by atoms with Crippen molar-refractivity contribution in [1.82, 2.24) is 9.99 Å². The van der Waals surface area contributed by atoms with Gasteiger partial charge in [-0.25, -0.2) is 5.43 Å². The molecule has 1 amide bonds. The molecule has 0 saturated heterocycles. The second-order valence-electron chi connectivity index (χ2n) is 7.66. The van der Waals surface area contributed by atoms with E-state index in [9.17, 15) is 23.1 Å². The van der Waals surface area contributed by atoms with Gasteiger partial charge in [-0.05, 0) is 62.1 Å². The summed E-state index contributed by atoms with van der Waals surface area (Å²) in [5, 5.41) is 15.2. The van der Waals surface area contributed by atoms with E-state index in [1.807, 2.05) is 19.9 Å². The van der Waals surface area contributed by atoms with Crippen LogP contribution >= 0.6 is 0 Å². The standard InChI is InChI=1S/C22H20F3N3O2/c1-12-7-13(2)9-16(8-12)28-19-10-15(22(23,24)25)5-6-17(19)18(21(28)30)11-26-27-20(29)14-3-4-14/h5-11,14,30H,3-4H2,1-2H3,(H,27,29)/b26-11+. The molecule has 1 aliphatic rings. The predicted molar refractivity (Wildman–Crippen MR) is 108 cm³/mol. The molecular weight excluding hydrogens is 395 g/mol. The second kappa shape index (κ2) is 7.19. The monoisotopic (exact) mass is 415 g/mol. The van der Waals surface area contributed by atoms with Crippen LogP contribution in [0.15, 0.2) is 41.5 Å². The molecule has 0 spiro atoms. The van der Waals surface area contributed by atoms with Gasteiger partial charge in [0.25, 0.3) is 0 Å². The number of halogens is 3. The third-order valence-electron chi connectivity index (χ3n) is 5.09. The number of aromatic nitrogens is 1. The van der Waals surface area contributed by atoms with Gasteiger partial charge in [-0.15, -0.1) is 0 Å². The SMILES string of the molecule is Cc1cc(C)cc(-n2c(O)c(/C=N/NC(=O)C3CC3)c3ccc(C(F)(F)F)cc32)c1. The molecule has 156 valence electrons. The highest BCUT2D eigenvalue weighted by molar-refractivity contribution is 6.03. The molecule has 0 radical (unpaired) electrons. The van der Waals surface area contributed by atoms with Crippen molar-refractivity contribution in [2.75, 3.05) is 0 Å². The van der Waals surface area contributed by atoms with E-state index in [-0.39, 0.29) is 28.8 Å². The van der Waals surface area contributed by atoms with Gasteiger partial charge in [-0.1, -0.05) is 12.1 Å². The van der Waals surface area contributed by atoms with Crippen LogP contribution in [0.25, 0.3) is 16.6 Å². The van der Waals surface area contributed by atoms with E-state index in [1.54, 1.807) is 12.1 Å². The number of hydrogen-bond donors (Lipinski definition) is 2. The van der Waals surface area contributed by atoms with Crippen LogP contribution in [0.1, 0.15) is 35.1 Å². The Bertz CT molecular complexity index is 1150. The Hall–Kier alpha value is -3.29. The molecule has 30 heavy (non-hydrogen) atoms. The topological polar surface area (TPSA) is 66.6 Å². The minimum atomic E-state index is -4.52. The molecule has 2 N–H and O–H groups in total. The van der Waals surface area contributed by atoms with Crippen molar-refractivity contribution in [3.05, 3.63) is 58.7 Å². The quantitative estimate of drug-likeness (QED) is 0.473. The zero-order valence-corrected chi connectivity index (χ0v) is 16.4. The van der Waals surface area contributed by atoms with Crippen LogP contribution in [0, 0.1) is 19.8 Å². The van der Waals surface area contributed by atoms with Gasteiger partial charge >= 0.3 is 6.18 Å². The summed E-state index contributed by atoms with van der Waals surface area (Å²) in [5.41, 5.74) is 4.38. The van der Waals surface area contributed by atoms with E-state index in [0.717, 1.165) is 36.1 Å². The number of rotatable bonds is 4. The third-order valence-corrected chi connectivity index (χ3v) is 5.09. The number of hydrazone groups is 1. The van der Waals surface area contributed by atoms with Gasteiger partial charge in [-0.2, -0.15) is 18.3 Å². The first kappa shape index (κ1) is 20.0. The van der Waals surface area contributed by atoms with Gasteiger partial charge in [0.2, 0.25) is 11.8 Å². The fraction of sp³-hybridized carbons (Fsp3) is 0.273. The maximum atomic E-state index is 13.3. The average Bonchev–Trinajstić information content (AvgIpc) is 3.45. The number of hydrogen-bond acceptors (Lipinski definition) is 3. The molecule has 1 saturated carbocycles. The van der Waals surface area contributed by atoms with Gasteiger partial charge in [0.1, 0.15) is 0 Å². The van der Waals surface area contributed by atoms with Crippen molar-refractivity contribution in [2.45, 2.75) is 32.9 Å². The van der Waals surface area contributed by atoms with Crippen LogP contribution in [0.4, 0.5) is 13.2 Å². The molecular formula is C22H20F3N3O2. The number of nitrogens with zero attached hydrogens (tertiary/aromatic N) is 2. The van der Waals surface area contributed by atoms with E-state index >= 15 is 0 Å². The molecule has 0 bridgehead atoms. The molecule has 8 heteroatoms. The highest BCUT2D eigenvalue weighted by Gasteiger charge is 2.32. The Morgan fingerprint density at radius 2 is 1.83 bits per heavy atom. The van der Waals surface area contributed by atoms with Gasteiger partial charge in [-0.3, -0.25) is 9.36 Å². The van der Waals surface area contributed by atoms with Crippen LogP contribution in [-0.2, 0) is 11.0 Å². The molecule has 0 unspecified atom stereocenters. The molecule has 1 aromatic heterocycles. The number of aromatic hydroxyl groups is 1. The lowest BCUT2D eigenvalue weighted by Crippen LogP contribution is -2.18. The van der Waals surface area contributed by atoms with E-state index in [0.29, 0.717) is 11.1 Å². The fourth-order valence-corrected chi connectivity index (χ4v) is 3.54. The van der Waals surface area contributed by atoms with Crippen LogP contribution in [-0.4, -0.2) is 21.8 Å². The van der Waals surface area contributed by atoms with E-state index in [1.165, 1.54) is 16.8 Å². The molecule has 2 aromatic carbocycles. The molecule has 5 nitrogen and oxygen atoms in total. The van der Waals surface area contributed by atoms with E-state index < -0.39 is 11.7 Å². The molecule has 1 aliphatic carbocycles. The second-order valence-corrected chi connectivity index (χ2v) is 7.66. The molecule has 0 atom stereocenters. The summed E-state index contributed by atoms with van der Waals surface area (Å²) in [6.07, 6.45) is -1.62. The fourth-order valence-electron chi connectivity index (χ4n) is 3.54. The van der Waals surface area contributed by atoms with Crippen LogP contribution in [0.5, 0.6) is 5.88 Å². The van der Waals surface area contributed by atoms with Crippen molar-refractivity contribution in [2.24, 2.45) is 11.0 Å². The minimum absolute atomic E-state index is 0.0401. The number of nitrogens with one attached hydrogen (secondary N) is 1. The van der Waals surface area contributed by atoms with Gasteiger partial charge in [0.15, 0.2) is 0 Å². The Balaban J connectivity index is 1.88. The zero-order chi connectivity index (χ0) is 21.6. The average molecular weight is 415 g/mol.